The van der Waals surface area contributed by atoms with Gasteiger partial charge in [0.15, 0.2) is 9.84 Å². The van der Waals surface area contributed by atoms with Gasteiger partial charge in [0.25, 0.3) is 0 Å². The van der Waals surface area contributed by atoms with E-state index in [9.17, 15) is 12.8 Å². The first-order chi connectivity index (χ1) is 6.84. The van der Waals surface area contributed by atoms with Crippen LogP contribution in [0.2, 0.25) is 0 Å². The molecule has 2 N–H and O–H groups in total. The molecule has 1 saturated carbocycles. The molecule has 0 atom stereocenters. The fourth-order valence-corrected chi connectivity index (χ4v) is 2.68. The first-order valence-corrected chi connectivity index (χ1v) is 6.52. The molecule has 0 saturated heterocycles. The third-order valence-corrected chi connectivity index (χ3v) is 3.80. The third kappa shape index (κ3) is 1.77. The topological polar surface area (TPSA) is 60.2 Å². The van der Waals surface area contributed by atoms with Gasteiger partial charge in [-0.15, -0.1) is 0 Å². The van der Waals surface area contributed by atoms with Gasteiger partial charge in [0.1, 0.15) is 5.82 Å². The van der Waals surface area contributed by atoms with Crippen LogP contribution in [0.1, 0.15) is 18.4 Å². The molecule has 1 aliphatic rings. The lowest BCUT2D eigenvalue weighted by Crippen LogP contribution is -2.23. The van der Waals surface area contributed by atoms with E-state index in [0.717, 1.165) is 6.26 Å². The van der Waals surface area contributed by atoms with Crippen LogP contribution in [-0.4, -0.2) is 14.7 Å². The summed E-state index contributed by atoms with van der Waals surface area (Å²) in [6, 6.07) is 4.04. The highest BCUT2D eigenvalue weighted by Gasteiger charge is 2.44. The van der Waals surface area contributed by atoms with Gasteiger partial charge in [-0.25, -0.2) is 12.8 Å². The Bertz CT molecular complexity index is 506. The molecule has 0 bridgehead atoms. The van der Waals surface area contributed by atoms with Crippen LogP contribution >= 0.6 is 0 Å². The zero-order valence-electron chi connectivity index (χ0n) is 8.33. The average molecular weight is 229 g/mol. The second-order valence-electron chi connectivity index (χ2n) is 4.04. The van der Waals surface area contributed by atoms with Crippen LogP contribution in [0.3, 0.4) is 0 Å². The van der Waals surface area contributed by atoms with Gasteiger partial charge in [-0.2, -0.15) is 0 Å². The molecule has 1 aromatic carbocycles. The second-order valence-corrected chi connectivity index (χ2v) is 6.03. The fraction of sp³-hybridized carbons (Fsp3) is 0.400. The highest BCUT2D eigenvalue weighted by atomic mass is 32.2. The van der Waals surface area contributed by atoms with Crippen LogP contribution < -0.4 is 5.73 Å². The number of hydrogen-bond acceptors (Lipinski definition) is 3. The first-order valence-electron chi connectivity index (χ1n) is 4.62. The lowest BCUT2D eigenvalue weighted by atomic mass is 10.1. The molecule has 82 valence electrons. The fourth-order valence-electron chi connectivity index (χ4n) is 1.68. The van der Waals surface area contributed by atoms with E-state index in [1.165, 1.54) is 18.2 Å². The lowest BCUT2D eigenvalue weighted by molar-refractivity contribution is 0.557. The van der Waals surface area contributed by atoms with Gasteiger partial charge in [0.2, 0.25) is 0 Å². The Balaban J connectivity index is 2.71. The molecule has 0 spiro atoms. The molecule has 3 nitrogen and oxygen atoms in total. The number of benzene rings is 1. The number of nitrogens with two attached hydrogens (primary N) is 1. The SMILES string of the molecule is CS(=O)(=O)c1cccc(F)c1C1(N)CC1. The molecule has 1 aromatic rings. The minimum Gasteiger partial charge on any atom is -0.321 e. The minimum absolute atomic E-state index is 0.0162. The van der Waals surface area contributed by atoms with Gasteiger partial charge in [-0.3, -0.25) is 0 Å². The average Bonchev–Trinajstić information content (AvgIpc) is 2.82. The van der Waals surface area contributed by atoms with Crippen LogP contribution in [0.25, 0.3) is 0 Å². The van der Waals surface area contributed by atoms with Crippen molar-refractivity contribution in [1.82, 2.24) is 0 Å². The minimum atomic E-state index is -3.42. The predicted octanol–water partition coefficient (Wildman–Crippen LogP) is 1.18. The van der Waals surface area contributed by atoms with Crippen LogP contribution in [0.5, 0.6) is 0 Å². The Morgan fingerprint density at radius 3 is 2.47 bits per heavy atom. The standard InChI is InChI=1S/C10H12FNO2S/c1-15(13,14)8-4-2-3-7(11)9(8)10(12)5-6-10/h2-4H,5-6,12H2,1H3. The van der Waals surface area contributed by atoms with Crippen molar-refractivity contribution in [3.63, 3.8) is 0 Å². The molecule has 1 fully saturated rings. The summed E-state index contributed by atoms with van der Waals surface area (Å²) in [4.78, 5) is 0.0162. The maximum absolute atomic E-state index is 13.6. The molecular formula is C10H12FNO2S. The summed E-state index contributed by atoms with van der Waals surface area (Å²) in [5.41, 5.74) is 5.23. The summed E-state index contributed by atoms with van der Waals surface area (Å²) in [6.45, 7) is 0. The maximum atomic E-state index is 13.6. The van der Waals surface area contributed by atoms with E-state index in [2.05, 4.69) is 0 Å². The Morgan fingerprint density at radius 1 is 1.40 bits per heavy atom. The first kappa shape index (κ1) is 10.6. The zero-order valence-corrected chi connectivity index (χ0v) is 9.14. The summed E-state index contributed by atoms with van der Waals surface area (Å²) in [6.07, 6.45) is 2.34. The zero-order chi connectivity index (χ0) is 11.3. The van der Waals surface area contributed by atoms with Crippen molar-refractivity contribution in [3.8, 4) is 0 Å². The van der Waals surface area contributed by atoms with E-state index >= 15 is 0 Å². The largest absolute Gasteiger partial charge is 0.321 e. The lowest BCUT2D eigenvalue weighted by Gasteiger charge is -2.14. The van der Waals surface area contributed by atoms with E-state index in [4.69, 9.17) is 5.73 Å². The van der Waals surface area contributed by atoms with Crippen LogP contribution in [0, 0.1) is 5.82 Å². The van der Waals surface area contributed by atoms with Crippen molar-refractivity contribution in [1.29, 1.82) is 0 Å². The predicted molar refractivity (Wildman–Crippen MR) is 54.6 cm³/mol. The van der Waals surface area contributed by atoms with Gasteiger partial charge in [0.05, 0.1) is 4.90 Å². The van der Waals surface area contributed by atoms with Gasteiger partial charge in [-0.1, -0.05) is 6.07 Å². The van der Waals surface area contributed by atoms with Gasteiger partial charge in [0, 0.05) is 17.4 Å². The monoisotopic (exact) mass is 229 g/mol. The number of hydrogen-bond donors (Lipinski definition) is 1. The molecule has 0 heterocycles. The van der Waals surface area contributed by atoms with E-state index < -0.39 is 21.2 Å². The van der Waals surface area contributed by atoms with Crippen molar-refractivity contribution < 1.29 is 12.8 Å². The van der Waals surface area contributed by atoms with E-state index in [1.807, 2.05) is 0 Å². The number of rotatable bonds is 2. The molecule has 5 heteroatoms. The number of halogens is 1. The van der Waals surface area contributed by atoms with Gasteiger partial charge in [-0.05, 0) is 25.0 Å². The van der Waals surface area contributed by atoms with Crippen LogP contribution in [-0.2, 0) is 15.4 Å². The molecule has 1 aliphatic carbocycles. The number of sulfone groups is 1. The van der Waals surface area contributed by atoms with E-state index in [0.29, 0.717) is 12.8 Å². The molecule has 15 heavy (non-hydrogen) atoms. The molecule has 2 rings (SSSR count). The molecule has 0 amide bonds. The second kappa shape index (κ2) is 3.02. The van der Waals surface area contributed by atoms with Crippen LogP contribution in [0.15, 0.2) is 23.1 Å². The normalized spacial score (nSPS) is 18.9. The van der Waals surface area contributed by atoms with E-state index in [-0.39, 0.29) is 10.5 Å². The molecular weight excluding hydrogens is 217 g/mol. The van der Waals surface area contributed by atoms with Crippen LogP contribution in [0.4, 0.5) is 4.39 Å². The van der Waals surface area contributed by atoms with Gasteiger partial charge < -0.3 is 5.73 Å². The summed E-state index contributed by atoms with van der Waals surface area (Å²) in [5, 5.41) is 0. The molecule has 0 unspecified atom stereocenters. The summed E-state index contributed by atoms with van der Waals surface area (Å²) in [7, 11) is -3.42. The maximum Gasteiger partial charge on any atom is 0.175 e. The van der Waals surface area contributed by atoms with E-state index in [1.54, 1.807) is 0 Å². The molecule has 0 radical (unpaired) electrons. The highest BCUT2D eigenvalue weighted by molar-refractivity contribution is 7.90. The molecule has 0 aromatic heterocycles. The third-order valence-electron chi connectivity index (χ3n) is 2.66. The Kier molecular flexibility index (Phi) is 2.13. The highest BCUT2D eigenvalue weighted by Crippen LogP contribution is 2.46. The molecule has 0 aliphatic heterocycles. The summed E-state index contributed by atoms with van der Waals surface area (Å²) >= 11 is 0. The quantitative estimate of drug-likeness (QED) is 0.828. The van der Waals surface area contributed by atoms with Gasteiger partial charge >= 0.3 is 0 Å². The Labute approximate surface area is 88.0 Å². The summed E-state index contributed by atoms with van der Waals surface area (Å²) in [5.74, 6) is -0.530. The van der Waals surface area contributed by atoms with Crippen molar-refractivity contribution in [2.24, 2.45) is 5.73 Å². The van der Waals surface area contributed by atoms with Crippen molar-refractivity contribution in [2.45, 2.75) is 23.3 Å². The van der Waals surface area contributed by atoms with Crippen molar-refractivity contribution in [2.75, 3.05) is 6.26 Å². The van der Waals surface area contributed by atoms with Crippen molar-refractivity contribution in [3.05, 3.63) is 29.6 Å². The Hall–Kier alpha value is -0.940. The summed E-state index contributed by atoms with van der Waals surface area (Å²) < 4.78 is 36.5. The smallest absolute Gasteiger partial charge is 0.175 e. The Morgan fingerprint density at radius 2 is 2.00 bits per heavy atom. The van der Waals surface area contributed by atoms with Crippen molar-refractivity contribution >= 4 is 9.84 Å².